The molecular weight excluding hydrogens is 168 g/mol. The standard InChI is InChI=1S/C9H18N2O2/c1-2-8(10)9(13)11-4-3-7(5-11)6-12/h7-8,12H,2-6,10H2,1H3. The van der Waals surface area contributed by atoms with E-state index < -0.39 is 0 Å². The Kier molecular flexibility index (Phi) is 3.69. The van der Waals surface area contributed by atoms with Crippen LogP contribution >= 0.6 is 0 Å². The fourth-order valence-corrected chi connectivity index (χ4v) is 1.59. The van der Waals surface area contributed by atoms with E-state index in [9.17, 15) is 4.79 Å². The van der Waals surface area contributed by atoms with Crippen molar-refractivity contribution in [1.29, 1.82) is 0 Å². The second-order valence-corrected chi connectivity index (χ2v) is 3.64. The van der Waals surface area contributed by atoms with Crippen molar-refractivity contribution in [3.8, 4) is 0 Å². The number of aliphatic hydroxyl groups is 1. The Balaban J connectivity index is 2.41. The van der Waals surface area contributed by atoms with Crippen LogP contribution in [0.25, 0.3) is 0 Å². The first kappa shape index (κ1) is 10.5. The van der Waals surface area contributed by atoms with Crippen LogP contribution in [-0.4, -0.2) is 41.7 Å². The van der Waals surface area contributed by atoms with Crippen LogP contribution in [-0.2, 0) is 4.79 Å². The van der Waals surface area contributed by atoms with Crippen LogP contribution in [0.15, 0.2) is 0 Å². The molecule has 0 saturated carbocycles. The van der Waals surface area contributed by atoms with Crippen molar-refractivity contribution in [2.45, 2.75) is 25.8 Å². The summed E-state index contributed by atoms with van der Waals surface area (Å²) in [5, 5.41) is 8.89. The number of rotatable bonds is 3. The largest absolute Gasteiger partial charge is 0.396 e. The highest BCUT2D eigenvalue weighted by Gasteiger charge is 2.27. The molecule has 13 heavy (non-hydrogen) atoms. The number of amides is 1. The normalized spacial score (nSPS) is 24.8. The highest BCUT2D eigenvalue weighted by atomic mass is 16.3. The van der Waals surface area contributed by atoms with Gasteiger partial charge in [0.2, 0.25) is 5.91 Å². The molecule has 0 aromatic heterocycles. The molecule has 1 saturated heterocycles. The van der Waals surface area contributed by atoms with E-state index in [2.05, 4.69) is 0 Å². The average molecular weight is 186 g/mol. The molecule has 0 radical (unpaired) electrons. The molecule has 0 spiro atoms. The van der Waals surface area contributed by atoms with Crippen LogP contribution in [0, 0.1) is 5.92 Å². The Bertz CT molecular complexity index is 184. The lowest BCUT2D eigenvalue weighted by Gasteiger charge is -2.19. The first-order valence-corrected chi connectivity index (χ1v) is 4.84. The van der Waals surface area contributed by atoms with Gasteiger partial charge in [-0.2, -0.15) is 0 Å². The van der Waals surface area contributed by atoms with Crippen molar-refractivity contribution in [3.05, 3.63) is 0 Å². The summed E-state index contributed by atoms with van der Waals surface area (Å²) in [5.41, 5.74) is 5.63. The maximum absolute atomic E-state index is 11.6. The van der Waals surface area contributed by atoms with Gasteiger partial charge in [0, 0.05) is 25.6 Å². The van der Waals surface area contributed by atoms with Crippen LogP contribution in [0.2, 0.25) is 0 Å². The highest BCUT2D eigenvalue weighted by molar-refractivity contribution is 5.81. The number of aliphatic hydroxyl groups excluding tert-OH is 1. The van der Waals surface area contributed by atoms with E-state index in [0.29, 0.717) is 13.0 Å². The van der Waals surface area contributed by atoms with E-state index >= 15 is 0 Å². The van der Waals surface area contributed by atoms with E-state index in [1.165, 1.54) is 0 Å². The van der Waals surface area contributed by atoms with Gasteiger partial charge < -0.3 is 15.7 Å². The zero-order chi connectivity index (χ0) is 9.84. The lowest BCUT2D eigenvalue weighted by molar-refractivity contribution is -0.131. The molecule has 0 aliphatic carbocycles. The van der Waals surface area contributed by atoms with E-state index in [0.717, 1.165) is 13.0 Å². The Morgan fingerprint density at radius 2 is 2.46 bits per heavy atom. The highest BCUT2D eigenvalue weighted by Crippen LogP contribution is 2.16. The fraction of sp³-hybridized carbons (Fsp3) is 0.889. The Morgan fingerprint density at radius 1 is 1.77 bits per heavy atom. The third-order valence-electron chi connectivity index (χ3n) is 2.61. The average Bonchev–Trinajstić information content (AvgIpc) is 2.63. The summed E-state index contributed by atoms with van der Waals surface area (Å²) < 4.78 is 0. The molecule has 1 heterocycles. The molecule has 0 bridgehead atoms. The lowest BCUT2D eigenvalue weighted by Crippen LogP contribution is -2.42. The topological polar surface area (TPSA) is 66.6 Å². The van der Waals surface area contributed by atoms with E-state index in [1.807, 2.05) is 6.92 Å². The zero-order valence-corrected chi connectivity index (χ0v) is 8.07. The minimum Gasteiger partial charge on any atom is -0.396 e. The molecule has 1 amide bonds. The van der Waals surface area contributed by atoms with Gasteiger partial charge in [-0.1, -0.05) is 6.92 Å². The molecule has 1 fully saturated rings. The van der Waals surface area contributed by atoms with Gasteiger partial charge in [0.25, 0.3) is 0 Å². The minimum atomic E-state index is -0.363. The molecule has 1 aliphatic heterocycles. The van der Waals surface area contributed by atoms with Crippen molar-refractivity contribution < 1.29 is 9.90 Å². The van der Waals surface area contributed by atoms with Gasteiger partial charge in [0.15, 0.2) is 0 Å². The van der Waals surface area contributed by atoms with Crippen LogP contribution < -0.4 is 5.73 Å². The smallest absolute Gasteiger partial charge is 0.239 e. The first-order valence-electron chi connectivity index (χ1n) is 4.84. The molecule has 76 valence electrons. The van der Waals surface area contributed by atoms with Crippen molar-refractivity contribution in [2.24, 2.45) is 11.7 Å². The van der Waals surface area contributed by atoms with Crippen LogP contribution in [0.3, 0.4) is 0 Å². The second kappa shape index (κ2) is 4.58. The SMILES string of the molecule is CCC(N)C(=O)N1CCC(CO)C1. The number of carbonyl (C=O) groups excluding carboxylic acids is 1. The lowest BCUT2D eigenvalue weighted by atomic mass is 10.1. The minimum absolute atomic E-state index is 0.0263. The molecular formula is C9H18N2O2. The maximum Gasteiger partial charge on any atom is 0.239 e. The van der Waals surface area contributed by atoms with Gasteiger partial charge in [0.05, 0.1) is 6.04 Å². The van der Waals surface area contributed by atoms with Gasteiger partial charge >= 0.3 is 0 Å². The number of nitrogens with two attached hydrogens (primary N) is 1. The second-order valence-electron chi connectivity index (χ2n) is 3.64. The molecule has 2 atom stereocenters. The number of likely N-dealkylation sites (tertiary alicyclic amines) is 1. The van der Waals surface area contributed by atoms with Crippen molar-refractivity contribution in [1.82, 2.24) is 4.90 Å². The number of nitrogens with zero attached hydrogens (tertiary/aromatic N) is 1. The summed E-state index contributed by atoms with van der Waals surface area (Å²) in [7, 11) is 0. The summed E-state index contributed by atoms with van der Waals surface area (Å²) in [6.07, 6.45) is 1.58. The van der Waals surface area contributed by atoms with Crippen LogP contribution in [0.1, 0.15) is 19.8 Å². The first-order chi connectivity index (χ1) is 6.19. The fourth-order valence-electron chi connectivity index (χ4n) is 1.59. The number of hydrogen-bond acceptors (Lipinski definition) is 3. The summed E-state index contributed by atoms with van der Waals surface area (Å²) in [6.45, 7) is 3.49. The molecule has 0 aromatic rings. The zero-order valence-electron chi connectivity index (χ0n) is 8.07. The van der Waals surface area contributed by atoms with Crippen molar-refractivity contribution in [2.75, 3.05) is 19.7 Å². The van der Waals surface area contributed by atoms with Gasteiger partial charge in [-0.15, -0.1) is 0 Å². The van der Waals surface area contributed by atoms with Crippen LogP contribution in [0.5, 0.6) is 0 Å². The monoisotopic (exact) mass is 186 g/mol. The van der Waals surface area contributed by atoms with Crippen molar-refractivity contribution >= 4 is 5.91 Å². The third-order valence-corrected chi connectivity index (χ3v) is 2.61. The van der Waals surface area contributed by atoms with Crippen LogP contribution in [0.4, 0.5) is 0 Å². The van der Waals surface area contributed by atoms with E-state index in [-0.39, 0.29) is 24.5 Å². The molecule has 3 N–H and O–H groups in total. The van der Waals surface area contributed by atoms with E-state index in [1.54, 1.807) is 4.90 Å². The summed E-state index contributed by atoms with van der Waals surface area (Å²) in [6, 6.07) is -0.363. The molecule has 1 aliphatic rings. The van der Waals surface area contributed by atoms with Gasteiger partial charge in [-0.3, -0.25) is 4.79 Å². The van der Waals surface area contributed by atoms with E-state index in [4.69, 9.17) is 10.8 Å². The predicted octanol–water partition coefficient (Wildman–Crippen LogP) is -0.435. The maximum atomic E-state index is 11.6. The number of carbonyl (C=O) groups is 1. The summed E-state index contributed by atoms with van der Waals surface area (Å²) >= 11 is 0. The molecule has 0 aromatic carbocycles. The molecule has 2 unspecified atom stereocenters. The molecule has 4 nitrogen and oxygen atoms in total. The summed E-state index contributed by atoms with van der Waals surface area (Å²) in [5.74, 6) is 0.284. The molecule has 4 heteroatoms. The van der Waals surface area contributed by atoms with Gasteiger partial charge in [0.1, 0.15) is 0 Å². The molecule has 1 rings (SSSR count). The van der Waals surface area contributed by atoms with Gasteiger partial charge in [-0.05, 0) is 12.8 Å². The summed E-state index contributed by atoms with van der Waals surface area (Å²) in [4.78, 5) is 13.3. The van der Waals surface area contributed by atoms with Gasteiger partial charge in [-0.25, -0.2) is 0 Å². The quantitative estimate of drug-likeness (QED) is 0.628. The Labute approximate surface area is 78.7 Å². The predicted molar refractivity (Wildman–Crippen MR) is 50.0 cm³/mol. The number of hydrogen-bond donors (Lipinski definition) is 2. The third kappa shape index (κ3) is 2.42. The Hall–Kier alpha value is -0.610. The Morgan fingerprint density at radius 3 is 2.92 bits per heavy atom. The van der Waals surface area contributed by atoms with Crippen molar-refractivity contribution in [3.63, 3.8) is 0 Å².